The molecule has 0 saturated heterocycles. The lowest BCUT2D eigenvalue weighted by Gasteiger charge is -2.23. The minimum Gasteiger partial charge on any atom is -0.497 e. The molecule has 0 radical (unpaired) electrons. The Kier molecular flexibility index (Phi) is 5.73. The van der Waals surface area contributed by atoms with Crippen molar-refractivity contribution < 1.29 is 4.74 Å². The van der Waals surface area contributed by atoms with E-state index in [0.29, 0.717) is 0 Å². The Morgan fingerprint density at radius 1 is 0.586 bits per heavy atom. The van der Waals surface area contributed by atoms with E-state index >= 15 is 0 Å². The van der Waals surface area contributed by atoms with E-state index in [4.69, 9.17) is 4.74 Å². The molecule has 0 N–H and O–H groups in total. The molecule has 2 heteroatoms. The second-order valence-corrected chi connectivity index (χ2v) is 6.68. The molecule has 4 rings (SSSR count). The number of methoxy groups -OCH3 is 1. The molecule has 2 nitrogen and oxygen atoms in total. The normalized spacial score (nSPS) is 11.1. The molecular formula is C27H23NO. The van der Waals surface area contributed by atoms with Crippen LogP contribution in [0.15, 0.2) is 121 Å². The average Bonchev–Trinajstić information content (AvgIpc) is 2.82. The molecule has 29 heavy (non-hydrogen) atoms. The van der Waals surface area contributed by atoms with Gasteiger partial charge in [0, 0.05) is 23.1 Å². The van der Waals surface area contributed by atoms with Crippen molar-refractivity contribution in [2.45, 2.75) is 0 Å². The predicted octanol–water partition coefficient (Wildman–Crippen LogP) is 6.92. The van der Waals surface area contributed by atoms with Crippen LogP contribution in [0.1, 0.15) is 11.1 Å². The molecule has 0 amide bonds. The van der Waals surface area contributed by atoms with Gasteiger partial charge in [0.05, 0.1) is 7.11 Å². The first-order valence-corrected chi connectivity index (χ1v) is 9.66. The summed E-state index contributed by atoms with van der Waals surface area (Å²) < 4.78 is 5.34. The van der Waals surface area contributed by atoms with Gasteiger partial charge in [0.2, 0.25) is 0 Å². The minimum atomic E-state index is 0.851. The number of rotatable bonds is 6. The highest BCUT2D eigenvalue weighted by atomic mass is 16.5. The molecule has 0 aromatic heterocycles. The molecule has 142 valence electrons. The number of ether oxygens (including phenoxy) is 1. The zero-order valence-electron chi connectivity index (χ0n) is 16.4. The molecule has 0 saturated carbocycles. The summed E-state index contributed by atoms with van der Waals surface area (Å²) in [5, 5.41) is 0. The smallest absolute Gasteiger partial charge is 0.118 e. The summed E-state index contributed by atoms with van der Waals surface area (Å²) in [6.45, 7) is 0. The summed E-state index contributed by atoms with van der Waals surface area (Å²) in [6.07, 6.45) is 2.21. The van der Waals surface area contributed by atoms with Crippen LogP contribution in [0.25, 0.3) is 5.57 Å². The molecular weight excluding hydrogens is 354 g/mol. The van der Waals surface area contributed by atoms with Gasteiger partial charge in [0.1, 0.15) is 5.75 Å². The van der Waals surface area contributed by atoms with E-state index in [2.05, 4.69) is 96.0 Å². The molecule has 0 bridgehead atoms. The Hall–Kier alpha value is -3.78. The van der Waals surface area contributed by atoms with Crippen LogP contribution in [0.3, 0.4) is 0 Å². The van der Waals surface area contributed by atoms with Crippen LogP contribution in [-0.2, 0) is 0 Å². The quantitative estimate of drug-likeness (QED) is 0.361. The Bertz CT molecular complexity index is 1020. The van der Waals surface area contributed by atoms with E-state index in [9.17, 15) is 0 Å². The van der Waals surface area contributed by atoms with Gasteiger partial charge in [-0.15, -0.1) is 0 Å². The predicted molar refractivity (Wildman–Crippen MR) is 122 cm³/mol. The van der Waals surface area contributed by atoms with Crippen molar-refractivity contribution >= 4 is 16.9 Å². The van der Waals surface area contributed by atoms with Crippen molar-refractivity contribution in [3.8, 4) is 5.75 Å². The Labute approximate surface area is 172 Å². The summed E-state index contributed by atoms with van der Waals surface area (Å²) in [4.78, 5) is 2.23. The molecule has 0 aliphatic rings. The Morgan fingerprint density at radius 3 is 1.52 bits per heavy atom. The number of anilines is 2. The number of para-hydroxylation sites is 2. The van der Waals surface area contributed by atoms with Gasteiger partial charge in [-0.25, -0.2) is 0 Å². The first kappa shape index (κ1) is 18.6. The van der Waals surface area contributed by atoms with Crippen molar-refractivity contribution in [3.05, 3.63) is 133 Å². The molecule has 0 heterocycles. The van der Waals surface area contributed by atoms with Crippen LogP contribution in [0, 0.1) is 0 Å². The minimum absolute atomic E-state index is 0.851. The fourth-order valence-electron chi connectivity index (χ4n) is 3.31. The van der Waals surface area contributed by atoms with Crippen LogP contribution >= 0.6 is 0 Å². The van der Waals surface area contributed by atoms with Crippen molar-refractivity contribution in [1.82, 2.24) is 0 Å². The zero-order valence-corrected chi connectivity index (χ0v) is 16.4. The number of hydrogen-bond donors (Lipinski definition) is 0. The molecule has 0 unspecified atom stereocenters. The topological polar surface area (TPSA) is 12.5 Å². The van der Waals surface area contributed by atoms with Gasteiger partial charge in [-0.1, -0.05) is 78.9 Å². The van der Waals surface area contributed by atoms with E-state index in [0.717, 1.165) is 33.8 Å². The average molecular weight is 377 g/mol. The SMILES string of the molecule is COc1ccc(C(=CN(c2ccccc2)c2ccccc2)c2ccccc2)cc1. The maximum absolute atomic E-state index is 5.34. The van der Waals surface area contributed by atoms with Crippen molar-refractivity contribution in [1.29, 1.82) is 0 Å². The van der Waals surface area contributed by atoms with E-state index in [1.807, 2.05) is 30.3 Å². The summed E-state index contributed by atoms with van der Waals surface area (Å²) in [5.74, 6) is 0.851. The molecule has 0 fully saturated rings. The molecule has 0 aliphatic heterocycles. The fourth-order valence-corrected chi connectivity index (χ4v) is 3.31. The standard InChI is InChI=1S/C27H23NO/c1-29-26-19-17-23(18-20-26)27(22-11-5-2-6-12-22)21-28(24-13-7-3-8-14-24)25-15-9-4-10-16-25/h2-21H,1H3. The fraction of sp³-hybridized carbons (Fsp3) is 0.0370. The van der Waals surface area contributed by atoms with Gasteiger partial charge in [-0.2, -0.15) is 0 Å². The van der Waals surface area contributed by atoms with Gasteiger partial charge in [0.15, 0.2) is 0 Å². The van der Waals surface area contributed by atoms with Crippen molar-refractivity contribution in [2.75, 3.05) is 12.0 Å². The van der Waals surface area contributed by atoms with Gasteiger partial charge in [-0.3, -0.25) is 0 Å². The second-order valence-electron chi connectivity index (χ2n) is 6.68. The van der Waals surface area contributed by atoms with Crippen molar-refractivity contribution in [3.63, 3.8) is 0 Å². The highest BCUT2D eigenvalue weighted by Gasteiger charge is 2.11. The third-order valence-electron chi connectivity index (χ3n) is 4.81. The highest BCUT2D eigenvalue weighted by molar-refractivity contribution is 5.84. The molecule has 4 aromatic rings. The monoisotopic (exact) mass is 377 g/mol. The zero-order chi connectivity index (χ0) is 19.9. The Balaban J connectivity index is 1.88. The maximum atomic E-state index is 5.34. The summed E-state index contributed by atoms with van der Waals surface area (Å²) in [6, 6.07) is 39.5. The summed E-state index contributed by atoms with van der Waals surface area (Å²) in [5.41, 5.74) is 5.66. The van der Waals surface area contributed by atoms with Gasteiger partial charge in [-0.05, 0) is 47.5 Å². The van der Waals surface area contributed by atoms with E-state index in [-0.39, 0.29) is 0 Å². The van der Waals surface area contributed by atoms with Crippen LogP contribution in [0.4, 0.5) is 11.4 Å². The van der Waals surface area contributed by atoms with Crippen LogP contribution < -0.4 is 9.64 Å². The first-order valence-electron chi connectivity index (χ1n) is 9.66. The van der Waals surface area contributed by atoms with Gasteiger partial charge < -0.3 is 9.64 Å². The third-order valence-corrected chi connectivity index (χ3v) is 4.81. The Morgan fingerprint density at radius 2 is 1.03 bits per heavy atom. The number of hydrogen-bond acceptors (Lipinski definition) is 2. The summed E-state index contributed by atoms with van der Waals surface area (Å²) in [7, 11) is 1.69. The lowest BCUT2D eigenvalue weighted by molar-refractivity contribution is 0.415. The molecule has 0 aliphatic carbocycles. The van der Waals surface area contributed by atoms with Crippen molar-refractivity contribution in [2.24, 2.45) is 0 Å². The van der Waals surface area contributed by atoms with Gasteiger partial charge in [0.25, 0.3) is 0 Å². The lowest BCUT2D eigenvalue weighted by atomic mass is 9.98. The number of nitrogens with zero attached hydrogens (tertiary/aromatic N) is 1. The third kappa shape index (κ3) is 4.39. The molecule has 0 atom stereocenters. The first-order chi connectivity index (χ1) is 14.3. The highest BCUT2D eigenvalue weighted by Crippen LogP contribution is 2.31. The lowest BCUT2D eigenvalue weighted by Crippen LogP contribution is -2.10. The maximum Gasteiger partial charge on any atom is 0.118 e. The van der Waals surface area contributed by atoms with E-state index < -0.39 is 0 Å². The van der Waals surface area contributed by atoms with Crippen LogP contribution in [0.5, 0.6) is 5.75 Å². The summed E-state index contributed by atoms with van der Waals surface area (Å²) >= 11 is 0. The molecule has 4 aromatic carbocycles. The van der Waals surface area contributed by atoms with Crippen LogP contribution in [-0.4, -0.2) is 7.11 Å². The van der Waals surface area contributed by atoms with E-state index in [1.165, 1.54) is 0 Å². The van der Waals surface area contributed by atoms with Crippen LogP contribution in [0.2, 0.25) is 0 Å². The molecule has 0 spiro atoms. The largest absolute Gasteiger partial charge is 0.497 e. The van der Waals surface area contributed by atoms with Gasteiger partial charge >= 0.3 is 0 Å². The second kappa shape index (κ2) is 8.94. The van der Waals surface area contributed by atoms with E-state index in [1.54, 1.807) is 7.11 Å². The number of benzene rings is 4.